The molecule has 1 N–H and O–H groups in total. The van der Waals surface area contributed by atoms with Crippen LogP contribution in [0.4, 0.5) is 5.69 Å². The van der Waals surface area contributed by atoms with Crippen LogP contribution in [0.25, 0.3) is 0 Å². The molecular weight excluding hydrogens is 474 g/mol. The molecule has 11 heteroatoms. The lowest BCUT2D eigenvalue weighted by molar-refractivity contribution is -0.136. The lowest BCUT2D eigenvalue weighted by Gasteiger charge is -2.34. The SMILES string of the molecule is O=C(OCC(=O)N1CCN(C(=O)c2ccco2)CC1)c1ccc(S(=O)(=O)Nc2ccccc2)cc1. The fourth-order valence-electron chi connectivity index (χ4n) is 3.51. The molecule has 1 fully saturated rings. The van der Waals surface area contributed by atoms with Gasteiger partial charge >= 0.3 is 5.97 Å². The minimum Gasteiger partial charge on any atom is -0.459 e. The zero-order valence-corrected chi connectivity index (χ0v) is 19.4. The van der Waals surface area contributed by atoms with Crippen LogP contribution in [0.2, 0.25) is 0 Å². The number of carbonyl (C=O) groups is 3. The molecule has 0 radical (unpaired) electrons. The molecule has 0 spiro atoms. The average Bonchev–Trinajstić information content (AvgIpc) is 3.42. The Labute approximate surface area is 202 Å². The molecule has 10 nitrogen and oxygen atoms in total. The Morgan fingerprint density at radius 1 is 0.857 bits per heavy atom. The van der Waals surface area contributed by atoms with Crippen LogP contribution in [0.15, 0.2) is 82.3 Å². The van der Waals surface area contributed by atoms with Gasteiger partial charge in [-0.25, -0.2) is 13.2 Å². The van der Waals surface area contributed by atoms with Crippen LogP contribution in [0.5, 0.6) is 0 Å². The van der Waals surface area contributed by atoms with Gasteiger partial charge in [0.15, 0.2) is 12.4 Å². The topological polar surface area (TPSA) is 126 Å². The standard InChI is InChI=1S/C24H23N3O7S/c28-22(26-12-14-27(15-13-26)23(29)21-7-4-16-33-21)17-34-24(30)18-8-10-20(11-9-18)35(31,32)25-19-5-2-1-3-6-19/h1-11,16,25H,12-15,17H2. The summed E-state index contributed by atoms with van der Waals surface area (Å²) in [6.07, 6.45) is 1.43. The van der Waals surface area contributed by atoms with Crippen LogP contribution in [0, 0.1) is 0 Å². The molecule has 3 aromatic rings. The molecule has 0 aliphatic carbocycles. The maximum absolute atomic E-state index is 12.5. The Morgan fingerprint density at radius 3 is 2.14 bits per heavy atom. The number of sulfonamides is 1. The van der Waals surface area contributed by atoms with Gasteiger partial charge in [0.1, 0.15) is 0 Å². The van der Waals surface area contributed by atoms with E-state index in [0.29, 0.717) is 31.9 Å². The Hall–Kier alpha value is -4.12. The molecule has 1 saturated heterocycles. The van der Waals surface area contributed by atoms with Crippen LogP contribution >= 0.6 is 0 Å². The van der Waals surface area contributed by atoms with E-state index in [-0.39, 0.29) is 28.0 Å². The molecule has 0 atom stereocenters. The molecule has 4 rings (SSSR count). The summed E-state index contributed by atoms with van der Waals surface area (Å²) in [4.78, 5) is 40.2. The zero-order chi connectivity index (χ0) is 24.8. The second-order valence-electron chi connectivity index (χ2n) is 7.72. The first kappa shape index (κ1) is 24.0. The van der Waals surface area contributed by atoms with Crippen molar-refractivity contribution in [3.63, 3.8) is 0 Å². The fourth-order valence-corrected chi connectivity index (χ4v) is 4.57. The van der Waals surface area contributed by atoms with Crippen molar-refractivity contribution < 1.29 is 32.0 Å². The van der Waals surface area contributed by atoms with Gasteiger partial charge in [-0.3, -0.25) is 14.3 Å². The third-order valence-corrected chi connectivity index (χ3v) is 6.80. The van der Waals surface area contributed by atoms with E-state index < -0.39 is 22.6 Å². The van der Waals surface area contributed by atoms with Crippen molar-refractivity contribution in [2.75, 3.05) is 37.5 Å². The smallest absolute Gasteiger partial charge is 0.338 e. The molecule has 2 amide bonds. The van der Waals surface area contributed by atoms with Crippen LogP contribution in [-0.4, -0.2) is 68.8 Å². The van der Waals surface area contributed by atoms with Gasteiger partial charge in [-0.1, -0.05) is 18.2 Å². The Balaban J connectivity index is 1.26. The van der Waals surface area contributed by atoms with Crippen LogP contribution in [0.1, 0.15) is 20.9 Å². The minimum absolute atomic E-state index is 0.0176. The minimum atomic E-state index is -3.82. The van der Waals surface area contributed by atoms with Crippen LogP contribution < -0.4 is 4.72 Å². The number of carbonyl (C=O) groups excluding carboxylic acids is 3. The largest absolute Gasteiger partial charge is 0.459 e. The number of hydrogen-bond acceptors (Lipinski definition) is 7. The molecule has 2 heterocycles. The second-order valence-corrected chi connectivity index (χ2v) is 9.40. The Bertz CT molecular complexity index is 1280. The van der Waals surface area contributed by atoms with E-state index >= 15 is 0 Å². The fraction of sp³-hybridized carbons (Fsp3) is 0.208. The summed E-state index contributed by atoms with van der Waals surface area (Å²) < 4.78 is 37.7. The first-order valence-corrected chi connectivity index (χ1v) is 12.3. The number of anilines is 1. The van der Waals surface area contributed by atoms with E-state index in [2.05, 4.69) is 4.72 Å². The zero-order valence-electron chi connectivity index (χ0n) is 18.6. The molecule has 0 unspecified atom stereocenters. The number of nitrogens with zero attached hydrogens (tertiary/aromatic N) is 2. The number of nitrogens with one attached hydrogen (secondary N) is 1. The Kier molecular flexibility index (Phi) is 7.16. The number of furan rings is 1. The lowest BCUT2D eigenvalue weighted by atomic mass is 10.2. The number of benzene rings is 2. The summed E-state index contributed by atoms with van der Waals surface area (Å²) in [7, 11) is -3.82. The predicted molar refractivity (Wildman–Crippen MR) is 125 cm³/mol. The first-order chi connectivity index (χ1) is 16.8. The maximum atomic E-state index is 12.5. The first-order valence-electron chi connectivity index (χ1n) is 10.8. The van der Waals surface area contributed by atoms with Gasteiger partial charge in [-0.2, -0.15) is 0 Å². The van der Waals surface area contributed by atoms with Crippen molar-refractivity contribution in [2.24, 2.45) is 0 Å². The third kappa shape index (κ3) is 5.87. The van der Waals surface area contributed by atoms with Crippen molar-refractivity contribution in [1.82, 2.24) is 9.80 Å². The van der Waals surface area contributed by atoms with Crippen molar-refractivity contribution in [1.29, 1.82) is 0 Å². The van der Waals surface area contributed by atoms with E-state index in [4.69, 9.17) is 9.15 Å². The molecular formula is C24H23N3O7S. The molecule has 0 bridgehead atoms. The van der Waals surface area contributed by atoms with E-state index in [1.165, 1.54) is 35.4 Å². The van der Waals surface area contributed by atoms with Gasteiger partial charge < -0.3 is 19.0 Å². The molecule has 182 valence electrons. The van der Waals surface area contributed by atoms with Gasteiger partial charge in [0.2, 0.25) is 0 Å². The molecule has 1 aliphatic heterocycles. The highest BCUT2D eigenvalue weighted by molar-refractivity contribution is 7.92. The predicted octanol–water partition coefficient (Wildman–Crippen LogP) is 2.22. The number of piperazine rings is 1. The van der Waals surface area contributed by atoms with Crippen molar-refractivity contribution in [3.05, 3.63) is 84.3 Å². The van der Waals surface area contributed by atoms with E-state index in [0.717, 1.165) is 0 Å². The van der Waals surface area contributed by atoms with Gasteiger partial charge in [0.25, 0.3) is 21.8 Å². The molecule has 2 aromatic carbocycles. The summed E-state index contributed by atoms with van der Waals surface area (Å²) in [6.45, 7) is 0.840. The van der Waals surface area contributed by atoms with Crippen LogP contribution in [-0.2, 0) is 19.6 Å². The van der Waals surface area contributed by atoms with Gasteiger partial charge in [-0.05, 0) is 48.5 Å². The summed E-state index contributed by atoms with van der Waals surface area (Å²) in [5.41, 5.74) is 0.533. The molecule has 1 aliphatic rings. The third-order valence-electron chi connectivity index (χ3n) is 5.40. The Morgan fingerprint density at radius 2 is 1.51 bits per heavy atom. The number of amides is 2. The van der Waals surface area contributed by atoms with Gasteiger partial charge in [0.05, 0.1) is 16.7 Å². The molecule has 35 heavy (non-hydrogen) atoms. The second kappa shape index (κ2) is 10.4. The number of para-hydroxylation sites is 1. The molecule has 0 saturated carbocycles. The van der Waals surface area contributed by atoms with Gasteiger partial charge in [-0.15, -0.1) is 0 Å². The van der Waals surface area contributed by atoms with Gasteiger partial charge in [0, 0.05) is 31.9 Å². The monoisotopic (exact) mass is 497 g/mol. The highest BCUT2D eigenvalue weighted by Crippen LogP contribution is 2.17. The summed E-state index contributed by atoms with van der Waals surface area (Å²) in [5.74, 6) is -1.12. The number of esters is 1. The molecule has 1 aromatic heterocycles. The summed E-state index contributed by atoms with van der Waals surface area (Å²) >= 11 is 0. The van der Waals surface area contributed by atoms with Crippen LogP contribution in [0.3, 0.4) is 0 Å². The van der Waals surface area contributed by atoms with Crippen molar-refractivity contribution >= 4 is 33.5 Å². The van der Waals surface area contributed by atoms with Crippen molar-refractivity contribution in [2.45, 2.75) is 4.90 Å². The van der Waals surface area contributed by atoms with E-state index in [1.807, 2.05) is 0 Å². The quantitative estimate of drug-likeness (QED) is 0.496. The number of rotatable bonds is 7. The lowest BCUT2D eigenvalue weighted by Crippen LogP contribution is -2.51. The summed E-state index contributed by atoms with van der Waals surface area (Å²) in [6, 6.07) is 16.9. The highest BCUT2D eigenvalue weighted by atomic mass is 32.2. The van der Waals surface area contributed by atoms with E-state index in [1.54, 1.807) is 47.4 Å². The van der Waals surface area contributed by atoms with E-state index in [9.17, 15) is 22.8 Å². The summed E-state index contributed by atoms with van der Waals surface area (Å²) in [5, 5.41) is 0. The normalized spacial score (nSPS) is 13.8. The van der Waals surface area contributed by atoms with Crippen molar-refractivity contribution in [3.8, 4) is 0 Å². The highest BCUT2D eigenvalue weighted by Gasteiger charge is 2.26. The number of ether oxygens (including phenoxy) is 1. The maximum Gasteiger partial charge on any atom is 0.338 e. The number of hydrogen-bond donors (Lipinski definition) is 1. The average molecular weight is 498 g/mol.